The van der Waals surface area contributed by atoms with E-state index in [0.29, 0.717) is 31.3 Å². The van der Waals surface area contributed by atoms with Crippen LogP contribution >= 0.6 is 12.4 Å². The van der Waals surface area contributed by atoms with Gasteiger partial charge in [0.1, 0.15) is 12.6 Å². The van der Waals surface area contributed by atoms with Crippen molar-refractivity contribution >= 4 is 18.3 Å². The van der Waals surface area contributed by atoms with Gasteiger partial charge >= 0.3 is 0 Å². The maximum absolute atomic E-state index is 12.6. The summed E-state index contributed by atoms with van der Waals surface area (Å²) in [6.07, 6.45) is -0.149. The van der Waals surface area contributed by atoms with Crippen molar-refractivity contribution < 1.29 is 19.0 Å². The molecule has 0 radical (unpaired) electrons. The third-order valence-electron chi connectivity index (χ3n) is 4.88. The fourth-order valence-corrected chi connectivity index (χ4v) is 3.22. The van der Waals surface area contributed by atoms with Gasteiger partial charge in [0.25, 0.3) is 0 Å². The zero-order valence-corrected chi connectivity index (χ0v) is 17.8. The summed E-state index contributed by atoms with van der Waals surface area (Å²) in [4.78, 5) is 12.6. The second kappa shape index (κ2) is 11.0. The molecule has 0 aliphatic carbocycles. The highest BCUT2D eigenvalue weighted by Gasteiger charge is 2.29. The van der Waals surface area contributed by atoms with Crippen LogP contribution in [0, 0.1) is 0 Å². The molecule has 1 amide bonds. The van der Waals surface area contributed by atoms with Gasteiger partial charge in [0.05, 0.1) is 25.9 Å². The van der Waals surface area contributed by atoms with Crippen LogP contribution < -0.4 is 20.1 Å². The van der Waals surface area contributed by atoms with Crippen LogP contribution in [0.1, 0.15) is 31.0 Å². The van der Waals surface area contributed by atoms with Gasteiger partial charge in [-0.3, -0.25) is 4.79 Å². The van der Waals surface area contributed by atoms with Gasteiger partial charge in [0.15, 0.2) is 11.5 Å². The lowest BCUT2D eigenvalue weighted by molar-refractivity contribution is -0.129. The lowest BCUT2D eigenvalue weighted by Gasteiger charge is -2.30. The molecule has 29 heavy (non-hydrogen) atoms. The van der Waals surface area contributed by atoms with Crippen LogP contribution in [-0.4, -0.2) is 38.3 Å². The highest BCUT2D eigenvalue weighted by atomic mass is 35.5. The fourth-order valence-electron chi connectivity index (χ4n) is 3.22. The molecule has 0 saturated carbocycles. The van der Waals surface area contributed by atoms with E-state index in [2.05, 4.69) is 10.6 Å². The molecule has 158 valence electrons. The summed E-state index contributed by atoms with van der Waals surface area (Å²) in [6.45, 7) is 5.63. The Balaban J connectivity index is 0.00000300. The molecule has 0 aromatic heterocycles. The molecule has 3 rings (SSSR count). The summed E-state index contributed by atoms with van der Waals surface area (Å²) in [5.74, 6) is 1.25. The standard InChI is InChI=1S/C22H28N2O4.ClH/c1-15(24-22(25)21-16(2)27-12-11-23-21)18-9-10-19(20(13-18)26-3)28-14-17-7-5-4-6-8-17;/h4-10,13,15-16,21,23H,11-12,14H2,1-3H3,(H,24,25);1H/t15?,16-,21+;/m1./s1. The summed E-state index contributed by atoms with van der Waals surface area (Å²) in [7, 11) is 1.61. The predicted molar refractivity (Wildman–Crippen MR) is 115 cm³/mol. The van der Waals surface area contributed by atoms with E-state index in [9.17, 15) is 4.79 Å². The Morgan fingerprint density at radius 2 is 2.00 bits per heavy atom. The number of hydrogen-bond donors (Lipinski definition) is 2. The molecule has 2 aromatic rings. The molecule has 7 heteroatoms. The van der Waals surface area contributed by atoms with Gasteiger partial charge in [0.2, 0.25) is 5.91 Å². The number of rotatable bonds is 7. The number of amides is 1. The monoisotopic (exact) mass is 420 g/mol. The van der Waals surface area contributed by atoms with Crippen molar-refractivity contribution in [1.82, 2.24) is 10.6 Å². The molecular weight excluding hydrogens is 392 g/mol. The van der Waals surface area contributed by atoms with Gasteiger partial charge in [0, 0.05) is 6.54 Å². The smallest absolute Gasteiger partial charge is 0.240 e. The van der Waals surface area contributed by atoms with Gasteiger partial charge in [-0.2, -0.15) is 0 Å². The molecule has 1 saturated heterocycles. The van der Waals surface area contributed by atoms with Crippen molar-refractivity contribution in [1.29, 1.82) is 0 Å². The maximum atomic E-state index is 12.6. The first-order valence-electron chi connectivity index (χ1n) is 9.58. The SMILES string of the molecule is COc1cc(C(C)NC(=O)[C@H]2NCCO[C@@H]2C)ccc1OCc1ccccc1.Cl. The lowest BCUT2D eigenvalue weighted by atomic mass is 10.1. The normalized spacial score (nSPS) is 19.6. The molecule has 6 nitrogen and oxygen atoms in total. The molecule has 1 unspecified atom stereocenters. The van der Waals surface area contributed by atoms with Crippen molar-refractivity contribution in [2.75, 3.05) is 20.3 Å². The zero-order chi connectivity index (χ0) is 19.9. The van der Waals surface area contributed by atoms with Gasteiger partial charge in [-0.1, -0.05) is 36.4 Å². The topological polar surface area (TPSA) is 68.8 Å². The van der Waals surface area contributed by atoms with Crippen LogP contribution in [-0.2, 0) is 16.1 Å². The largest absolute Gasteiger partial charge is 0.493 e. The minimum atomic E-state index is -0.341. The molecule has 1 fully saturated rings. The summed E-state index contributed by atoms with van der Waals surface area (Å²) in [6, 6.07) is 15.2. The van der Waals surface area contributed by atoms with Crippen molar-refractivity contribution in [2.45, 2.75) is 38.6 Å². The van der Waals surface area contributed by atoms with Crippen molar-refractivity contribution in [3.63, 3.8) is 0 Å². The molecule has 1 heterocycles. The Kier molecular flexibility index (Phi) is 8.76. The second-order valence-electron chi connectivity index (χ2n) is 6.92. The van der Waals surface area contributed by atoms with Crippen LogP contribution in [0.5, 0.6) is 11.5 Å². The molecule has 1 aliphatic heterocycles. The van der Waals surface area contributed by atoms with Crippen LogP contribution in [0.25, 0.3) is 0 Å². The molecule has 0 spiro atoms. The molecule has 3 atom stereocenters. The summed E-state index contributed by atoms with van der Waals surface area (Å²) < 4.78 is 16.9. The van der Waals surface area contributed by atoms with Crippen LogP contribution in [0.3, 0.4) is 0 Å². The first-order valence-corrected chi connectivity index (χ1v) is 9.58. The average molecular weight is 421 g/mol. The number of ether oxygens (including phenoxy) is 3. The number of morpholine rings is 1. The number of carbonyl (C=O) groups excluding carboxylic acids is 1. The van der Waals surface area contributed by atoms with Gasteiger partial charge in [-0.15, -0.1) is 12.4 Å². The Labute approximate surface area is 178 Å². The number of hydrogen-bond acceptors (Lipinski definition) is 5. The predicted octanol–water partition coefficient (Wildman–Crippen LogP) is 3.25. The average Bonchev–Trinajstić information content (AvgIpc) is 2.73. The quantitative estimate of drug-likeness (QED) is 0.719. The Morgan fingerprint density at radius 1 is 1.24 bits per heavy atom. The molecule has 2 aromatic carbocycles. The van der Waals surface area contributed by atoms with E-state index >= 15 is 0 Å². The van der Waals surface area contributed by atoms with Gasteiger partial charge < -0.3 is 24.8 Å². The van der Waals surface area contributed by atoms with Crippen LogP contribution in [0.15, 0.2) is 48.5 Å². The van der Waals surface area contributed by atoms with Crippen LogP contribution in [0.2, 0.25) is 0 Å². The highest BCUT2D eigenvalue weighted by Crippen LogP contribution is 2.31. The van der Waals surface area contributed by atoms with Crippen molar-refractivity contribution in [3.05, 3.63) is 59.7 Å². The molecular formula is C22H29ClN2O4. The fraction of sp³-hybridized carbons (Fsp3) is 0.409. The third-order valence-corrected chi connectivity index (χ3v) is 4.88. The van der Waals surface area contributed by atoms with E-state index in [1.165, 1.54) is 0 Å². The van der Waals surface area contributed by atoms with Gasteiger partial charge in [-0.05, 0) is 37.1 Å². The first kappa shape index (κ1) is 23.0. The van der Waals surface area contributed by atoms with E-state index in [4.69, 9.17) is 14.2 Å². The van der Waals surface area contributed by atoms with E-state index in [-0.39, 0.29) is 36.5 Å². The molecule has 1 aliphatic rings. The van der Waals surface area contributed by atoms with E-state index in [1.807, 2.05) is 62.4 Å². The summed E-state index contributed by atoms with van der Waals surface area (Å²) >= 11 is 0. The molecule has 2 N–H and O–H groups in total. The minimum absolute atomic E-state index is 0. The number of benzene rings is 2. The Hall–Kier alpha value is -2.28. The number of methoxy groups -OCH3 is 1. The number of nitrogens with one attached hydrogen (secondary N) is 2. The van der Waals surface area contributed by atoms with E-state index in [1.54, 1.807) is 7.11 Å². The van der Waals surface area contributed by atoms with E-state index < -0.39 is 0 Å². The third kappa shape index (κ3) is 6.10. The number of carbonyl (C=O) groups is 1. The van der Waals surface area contributed by atoms with E-state index in [0.717, 1.165) is 11.1 Å². The second-order valence-corrected chi connectivity index (χ2v) is 6.92. The highest BCUT2D eigenvalue weighted by molar-refractivity contribution is 5.85. The van der Waals surface area contributed by atoms with Crippen LogP contribution in [0.4, 0.5) is 0 Å². The number of halogens is 1. The Bertz CT molecular complexity index is 788. The maximum Gasteiger partial charge on any atom is 0.240 e. The van der Waals surface area contributed by atoms with Gasteiger partial charge in [-0.25, -0.2) is 0 Å². The summed E-state index contributed by atoms with van der Waals surface area (Å²) in [5, 5.41) is 6.25. The summed E-state index contributed by atoms with van der Waals surface area (Å²) in [5.41, 5.74) is 2.03. The first-order chi connectivity index (χ1) is 13.6. The minimum Gasteiger partial charge on any atom is -0.493 e. The Morgan fingerprint density at radius 3 is 2.69 bits per heavy atom. The zero-order valence-electron chi connectivity index (χ0n) is 17.0. The lowest BCUT2D eigenvalue weighted by Crippen LogP contribution is -2.55. The van der Waals surface area contributed by atoms with Crippen molar-refractivity contribution in [2.24, 2.45) is 0 Å². The molecule has 0 bridgehead atoms. The van der Waals surface area contributed by atoms with Crippen molar-refractivity contribution in [3.8, 4) is 11.5 Å².